The molecule has 3 atom stereocenters. The van der Waals surface area contributed by atoms with Crippen LogP contribution in [0.1, 0.15) is 51.5 Å². The highest BCUT2D eigenvalue weighted by Crippen LogP contribution is 2.51. The lowest BCUT2D eigenvalue weighted by atomic mass is 9.78. The minimum absolute atomic E-state index is 0.169. The second kappa shape index (κ2) is 6.01. The molecule has 26 heavy (non-hydrogen) atoms. The maximum atomic E-state index is 12.3. The minimum atomic E-state index is -0.716. The third-order valence-corrected chi connectivity index (χ3v) is 5.31. The van der Waals surface area contributed by atoms with Gasteiger partial charge in [0, 0.05) is 22.9 Å². The number of benzene rings is 1. The van der Waals surface area contributed by atoms with Gasteiger partial charge in [-0.2, -0.15) is 0 Å². The quantitative estimate of drug-likeness (QED) is 0.472. The van der Waals surface area contributed by atoms with Gasteiger partial charge < -0.3 is 13.9 Å². The van der Waals surface area contributed by atoms with Gasteiger partial charge in [0.05, 0.1) is 6.42 Å². The van der Waals surface area contributed by atoms with Crippen LogP contribution in [0.25, 0.3) is 11.0 Å². The van der Waals surface area contributed by atoms with Gasteiger partial charge in [-0.1, -0.05) is 11.6 Å². The number of esters is 1. The maximum absolute atomic E-state index is 12.3. The summed E-state index contributed by atoms with van der Waals surface area (Å²) in [5.74, 6) is 0.267. The van der Waals surface area contributed by atoms with Gasteiger partial charge in [-0.15, -0.1) is 0 Å². The molecule has 2 aromatic rings. The van der Waals surface area contributed by atoms with E-state index in [-0.39, 0.29) is 24.4 Å². The van der Waals surface area contributed by atoms with Crippen LogP contribution in [0, 0.1) is 0 Å². The van der Waals surface area contributed by atoms with E-state index in [1.165, 1.54) is 11.6 Å². The van der Waals surface area contributed by atoms with Crippen LogP contribution < -0.4 is 10.4 Å². The van der Waals surface area contributed by atoms with Gasteiger partial charge in [0.25, 0.3) is 0 Å². The molecule has 0 radical (unpaired) electrons. The Labute approximate surface area is 151 Å². The van der Waals surface area contributed by atoms with Gasteiger partial charge >= 0.3 is 11.6 Å². The van der Waals surface area contributed by atoms with E-state index in [2.05, 4.69) is 6.08 Å². The summed E-state index contributed by atoms with van der Waals surface area (Å²) >= 11 is 0. The maximum Gasteiger partial charge on any atom is 0.336 e. The molecule has 0 spiro atoms. The first-order chi connectivity index (χ1) is 12.4. The molecular weight excluding hydrogens is 332 g/mol. The van der Waals surface area contributed by atoms with Crippen LogP contribution in [0.3, 0.4) is 0 Å². The Hall–Kier alpha value is -2.56. The zero-order chi connectivity index (χ0) is 18.5. The Morgan fingerprint density at radius 2 is 2.00 bits per heavy atom. The fourth-order valence-corrected chi connectivity index (χ4v) is 4.10. The summed E-state index contributed by atoms with van der Waals surface area (Å²) in [6.45, 7) is 6.03. The van der Waals surface area contributed by atoms with Gasteiger partial charge in [-0.25, -0.2) is 4.79 Å². The molecule has 1 aromatic carbocycles. The molecule has 0 aliphatic carbocycles. The third-order valence-electron chi connectivity index (χ3n) is 5.31. The summed E-state index contributed by atoms with van der Waals surface area (Å²) in [5, 5.41) is 0.831. The Morgan fingerprint density at radius 3 is 2.77 bits per heavy atom. The normalized spacial score (nSPS) is 26.7. The van der Waals surface area contributed by atoms with E-state index < -0.39 is 11.2 Å². The van der Waals surface area contributed by atoms with E-state index in [9.17, 15) is 9.59 Å². The first kappa shape index (κ1) is 16.9. The molecule has 4 rings (SSSR count). The van der Waals surface area contributed by atoms with E-state index in [0.29, 0.717) is 17.8 Å². The van der Waals surface area contributed by atoms with Crippen LogP contribution in [0.15, 0.2) is 45.1 Å². The molecule has 5 nitrogen and oxygen atoms in total. The summed E-state index contributed by atoms with van der Waals surface area (Å²) in [5.41, 5.74) is 1.45. The van der Waals surface area contributed by atoms with E-state index in [4.69, 9.17) is 13.9 Å². The lowest BCUT2D eigenvalue weighted by Gasteiger charge is -2.41. The number of rotatable bonds is 3. The lowest BCUT2D eigenvalue weighted by Crippen LogP contribution is -2.52. The van der Waals surface area contributed by atoms with Crippen LogP contribution >= 0.6 is 0 Å². The number of carbonyl (C=O) groups excluding carboxylic acids is 1. The van der Waals surface area contributed by atoms with Gasteiger partial charge in [-0.05, 0) is 51.8 Å². The average Bonchev–Trinajstić information content (AvgIpc) is 2.94. The summed E-state index contributed by atoms with van der Waals surface area (Å²) in [6.07, 6.45) is 3.58. The van der Waals surface area contributed by atoms with Crippen LogP contribution in [0.5, 0.6) is 5.75 Å². The van der Waals surface area contributed by atoms with Crippen molar-refractivity contribution in [2.75, 3.05) is 0 Å². The zero-order valence-corrected chi connectivity index (χ0v) is 15.2. The number of ether oxygens (including phenoxy) is 2. The highest BCUT2D eigenvalue weighted by Gasteiger charge is 2.54. The predicted octanol–water partition coefficient (Wildman–Crippen LogP) is 4.09. The number of carbonyl (C=O) groups is 1. The first-order valence-corrected chi connectivity index (χ1v) is 8.96. The fourth-order valence-electron chi connectivity index (χ4n) is 4.10. The largest absolute Gasteiger partial charge is 0.485 e. The topological polar surface area (TPSA) is 65.7 Å². The zero-order valence-electron chi connectivity index (χ0n) is 15.2. The van der Waals surface area contributed by atoms with Crippen molar-refractivity contribution in [1.29, 1.82) is 0 Å². The molecule has 5 heteroatoms. The average molecular weight is 354 g/mol. The minimum Gasteiger partial charge on any atom is -0.485 e. The smallest absolute Gasteiger partial charge is 0.336 e. The number of cyclic esters (lactones) is 1. The van der Waals surface area contributed by atoms with Crippen LogP contribution in [0.2, 0.25) is 0 Å². The Bertz CT molecular complexity index is 966. The molecule has 3 heterocycles. The second-order valence-corrected chi connectivity index (χ2v) is 7.61. The summed E-state index contributed by atoms with van der Waals surface area (Å²) < 4.78 is 17.4. The number of fused-ring (bicyclic) bond motifs is 5. The van der Waals surface area contributed by atoms with Gasteiger partial charge in [-0.3, -0.25) is 4.79 Å². The summed E-state index contributed by atoms with van der Waals surface area (Å²) in [6, 6.07) is 6.90. The molecule has 0 amide bonds. The Balaban J connectivity index is 1.77. The SMILES string of the molecule is CC(C)=CCC[C@@]1(C)OC(=O)CC2c3c(ccc4ccc(=O)oc34)O[C@H]21. The molecule has 1 fully saturated rings. The second-order valence-electron chi connectivity index (χ2n) is 7.61. The van der Waals surface area contributed by atoms with Crippen molar-refractivity contribution < 1.29 is 18.7 Å². The van der Waals surface area contributed by atoms with Gasteiger partial charge in [0.15, 0.2) is 0 Å². The van der Waals surface area contributed by atoms with Crippen molar-refractivity contribution in [1.82, 2.24) is 0 Å². The third kappa shape index (κ3) is 2.71. The van der Waals surface area contributed by atoms with E-state index >= 15 is 0 Å². The predicted molar refractivity (Wildman–Crippen MR) is 97.4 cm³/mol. The van der Waals surface area contributed by atoms with Crippen molar-refractivity contribution in [2.45, 2.75) is 57.7 Å². The highest BCUT2D eigenvalue weighted by atomic mass is 16.6. The van der Waals surface area contributed by atoms with Crippen LogP contribution in [-0.2, 0) is 9.53 Å². The molecule has 136 valence electrons. The first-order valence-electron chi connectivity index (χ1n) is 8.96. The molecule has 0 N–H and O–H groups in total. The molecule has 0 saturated carbocycles. The molecular formula is C21H22O5. The lowest BCUT2D eigenvalue weighted by molar-refractivity contribution is -0.181. The van der Waals surface area contributed by atoms with Crippen molar-refractivity contribution in [3.63, 3.8) is 0 Å². The number of allylic oxidation sites excluding steroid dienone is 2. The Morgan fingerprint density at radius 1 is 1.23 bits per heavy atom. The molecule has 0 bridgehead atoms. The number of hydrogen-bond acceptors (Lipinski definition) is 5. The van der Waals surface area contributed by atoms with Crippen molar-refractivity contribution in [3.05, 3.63) is 51.9 Å². The summed E-state index contributed by atoms with van der Waals surface area (Å²) in [7, 11) is 0. The monoisotopic (exact) mass is 354 g/mol. The van der Waals surface area contributed by atoms with Crippen LogP contribution in [-0.4, -0.2) is 17.7 Å². The van der Waals surface area contributed by atoms with Crippen molar-refractivity contribution >= 4 is 16.9 Å². The van der Waals surface area contributed by atoms with Crippen molar-refractivity contribution in [3.8, 4) is 5.75 Å². The Kier molecular flexibility index (Phi) is 3.90. The van der Waals surface area contributed by atoms with Crippen molar-refractivity contribution in [2.24, 2.45) is 0 Å². The molecule has 1 saturated heterocycles. The summed E-state index contributed by atoms with van der Waals surface area (Å²) in [4.78, 5) is 24.1. The van der Waals surface area contributed by atoms with E-state index in [1.807, 2.05) is 32.9 Å². The standard InChI is InChI=1S/C21H22O5/c1-12(2)5-4-10-21(3)20-14(11-17(23)26-21)18-15(24-20)8-6-13-7-9-16(22)25-19(13)18/h5-9,14,20H,4,10-11H2,1-3H3/t14?,20-,21-/m1/s1. The molecule has 1 aromatic heterocycles. The highest BCUT2D eigenvalue weighted by molar-refractivity contribution is 5.85. The van der Waals surface area contributed by atoms with Gasteiger partial charge in [0.1, 0.15) is 23.0 Å². The van der Waals surface area contributed by atoms with E-state index in [0.717, 1.165) is 17.4 Å². The van der Waals surface area contributed by atoms with Crippen LogP contribution in [0.4, 0.5) is 0 Å². The van der Waals surface area contributed by atoms with E-state index in [1.54, 1.807) is 6.07 Å². The molecule has 1 unspecified atom stereocenters. The van der Waals surface area contributed by atoms with Gasteiger partial charge in [0.2, 0.25) is 0 Å². The fraction of sp³-hybridized carbons (Fsp3) is 0.429. The molecule has 2 aliphatic heterocycles. The number of hydrogen-bond donors (Lipinski definition) is 0. The molecule has 2 aliphatic rings.